The molecule has 25 heavy (non-hydrogen) atoms. The molecule has 1 aliphatic heterocycles. The highest BCUT2D eigenvalue weighted by molar-refractivity contribution is 7.18. The summed E-state index contributed by atoms with van der Waals surface area (Å²) in [6.07, 6.45) is 3.02. The van der Waals surface area contributed by atoms with Gasteiger partial charge >= 0.3 is 12.0 Å². The van der Waals surface area contributed by atoms with Gasteiger partial charge in [0.2, 0.25) is 0 Å². The molecule has 130 valence electrons. The molecule has 0 unspecified atom stereocenters. The summed E-state index contributed by atoms with van der Waals surface area (Å²) in [5.41, 5.74) is 1.78. The van der Waals surface area contributed by atoms with E-state index in [0.29, 0.717) is 6.54 Å². The molecular formula is C18H20N4O2S. The Balaban J connectivity index is 1.58. The number of nitrogens with zero attached hydrogens (tertiary/aromatic N) is 3. The van der Waals surface area contributed by atoms with Crippen molar-refractivity contribution < 1.29 is 9.21 Å². The van der Waals surface area contributed by atoms with E-state index in [1.54, 1.807) is 11.3 Å². The molecule has 0 saturated carbocycles. The van der Waals surface area contributed by atoms with E-state index >= 15 is 0 Å². The zero-order valence-electron chi connectivity index (χ0n) is 14.3. The van der Waals surface area contributed by atoms with Crippen molar-refractivity contribution in [2.24, 2.45) is 0 Å². The molecule has 7 heteroatoms. The number of thiazole rings is 1. The summed E-state index contributed by atoms with van der Waals surface area (Å²) in [5.74, 6) is 0.719. The lowest BCUT2D eigenvalue weighted by molar-refractivity contribution is 0.163. The molecule has 0 aliphatic carbocycles. The quantitative estimate of drug-likeness (QED) is 0.725. The van der Waals surface area contributed by atoms with E-state index in [-0.39, 0.29) is 18.1 Å². The summed E-state index contributed by atoms with van der Waals surface area (Å²) in [5, 5.41) is 3.79. The first-order chi connectivity index (χ1) is 12.1. The van der Waals surface area contributed by atoms with Crippen molar-refractivity contribution in [3.63, 3.8) is 0 Å². The normalized spacial score (nSPS) is 17.8. The van der Waals surface area contributed by atoms with Crippen molar-refractivity contribution in [2.45, 2.75) is 39.2 Å². The van der Waals surface area contributed by atoms with Gasteiger partial charge in [0.25, 0.3) is 0 Å². The summed E-state index contributed by atoms with van der Waals surface area (Å²) < 4.78 is 6.64. The number of benzene rings is 1. The SMILES string of the molecule is Cc1nc(NC(=O)N2CCCC[C@@H]2c2nc3ccccc3s2)oc1C. The maximum Gasteiger partial charge on any atom is 0.326 e. The smallest absolute Gasteiger partial charge is 0.326 e. The number of piperidine rings is 1. The molecule has 1 fully saturated rings. The summed E-state index contributed by atoms with van der Waals surface area (Å²) in [4.78, 5) is 23.6. The van der Waals surface area contributed by atoms with Gasteiger partial charge in [0.1, 0.15) is 10.8 Å². The number of aryl methyl sites for hydroxylation is 2. The third-order valence-corrected chi connectivity index (χ3v) is 5.74. The van der Waals surface area contributed by atoms with Crippen LogP contribution in [0.25, 0.3) is 10.2 Å². The molecule has 1 atom stereocenters. The van der Waals surface area contributed by atoms with E-state index < -0.39 is 0 Å². The molecule has 2 aromatic heterocycles. The summed E-state index contributed by atoms with van der Waals surface area (Å²) in [6, 6.07) is 8.18. The second-order valence-corrected chi connectivity index (χ2v) is 7.38. The van der Waals surface area contributed by atoms with Gasteiger partial charge in [-0.25, -0.2) is 9.78 Å². The van der Waals surface area contributed by atoms with Crippen LogP contribution in [0.2, 0.25) is 0 Å². The minimum absolute atomic E-state index is 0.00306. The number of hydrogen-bond acceptors (Lipinski definition) is 5. The lowest BCUT2D eigenvalue weighted by Gasteiger charge is -2.34. The number of oxazole rings is 1. The van der Waals surface area contributed by atoms with Crippen LogP contribution in [0.4, 0.5) is 10.8 Å². The number of para-hydroxylation sites is 1. The Bertz CT molecular complexity index is 864. The number of rotatable bonds is 2. The van der Waals surface area contributed by atoms with Crippen LogP contribution in [0.3, 0.4) is 0 Å². The fourth-order valence-electron chi connectivity index (χ4n) is 3.15. The number of nitrogens with one attached hydrogen (secondary N) is 1. The van der Waals surface area contributed by atoms with Crippen molar-refractivity contribution in [3.8, 4) is 0 Å². The van der Waals surface area contributed by atoms with Gasteiger partial charge in [-0.05, 0) is 45.2 Å². The zero-order chi connectivity index (χ0) is 17.4. The Morgan fingerprint density at radius 1 is 1.28 bits per heavy atom. The Kier molecular flexibility index (Phi) is 4.17. The Labute approximate surface area is 149 Å². The number of carbonyl (C=O) groups is 1. The van der Waals surface area contributed by atoms with Crippen LogP contribution in [0.1, 0.15) is 41.8 Å². The van der Waals surface area contributed by atoms with Crippen molar-refractivity contribution in [1.82, 2.24) is 14.9 Å². The maximum absolute atomic E-state index is 12.8. The number of fused-ring (bicyclic) bond motifs is 1. The van der Waals surface area contributed by atoms with Gasteiger partial charge in [0, 0.05) is 6.54 Å². The minimum Gasteiger partial charge on any atom is -0.428 e. The predicted molar refractivity (Wildman–Crippen MR) is 97.9 cm³/mol. The van der Waals surface area contributed by atoms with Crippen LogP contribution in [0.5, 0.6) is 0 Å². The van der Waals surface area contributed by atoms with E-state index in [2.05, 4.69) is 16.4 Å². The molecule has 1 aliphatic rings. The summed E-state index contributed by atoms with van der Waals surface area (Å²) >= 11 is 1.67. The number of aromatic nitrogens is 2. The Morgan fingerprint density at radius 3 is 2.88 bits per heavy atom. The monoisotopic (exact) mass is 356 g/mol. The second-order valence-electron chi connectivity index (χ2n) is 6.32. The fraction of sp³-hybridized carbons (Fsp3) is 0.389. The number of urea groups is 1. The Hall–Kier alpha value is -2.41. The number of anilines is 1. The molecule has 0 bridgehead atoms. The minimum atomic E-state index is -0.176. The third kappa shape index (κ3) is 3.11. The third-order valence-electron chi connectivity index (χ3n) is 4.60. The molecule has 2 amide bonds. The van der Waals surface area contributed by atoms with E-state index in [9.17, 15) is 4.79 Å². The van der Waals surface area contributed by atoms with Gasteiger partial charge in [-0.1, -0.05) is 12.1 Å². The van der Waals surface area contributed by atoms with Crippen LogP contribution in [-0.4, -0.2) is 27.4 Å². The predicted octanol–water partition coefficient (Wildman–Crippen LogP) is 4.66. The molecular weight excluding hydrogens is 336 g/mol. The first-order valence-electron chi connectivity index (χ1n) is 8.49. The highest BCUT2D eigenvalue weighted by atomic mass is 32.1. The zero-order valence-corrected chi connectivity index (χ0v) is 15.1. The summed E-state index contributed by atoms with van der Waals surface area (Å²) in [7, 11) is 0. The van der Waals surface area contributed by atoms with Gasteiger partial charge in [-0.2, -0.15) is 4.98 Å². The van der Waals surface area contributed by atoms with Gasteiger partial charge < -0.3 is 9.32 Å². The number of likely N-dealkylation sites (tertiary alicyclic amines) is 1. The lowest BCUT2D eigenvalue weighted by atomic mass is 10.0. The largest absolute Gasteiger partial charge is 0.428 e. The van der Waals surface area contributed by atoms with E-state index in [1.165, 1.54) is 0 Å². The van der Waals surface area contributed by atoms with Crippen LogP contribution in [0.15, 0.2) is 28.7 Å². The standard InChI is InChI=1S/C18H20N4O2S/c1-11-12(2)24-17(19-11)21-18(23)22-10-6-5-8-14(22)16-20-13-7-3-4-9-15(13)25-16/h3-4,7,9,14H,5-6,8,10H2,1-2H3,(H,19,21,23)/t14-/m1/s1. The van der Waals surface area contributed by atoms with Crippen molar-refractivity contribution in [2.75, 3.05) is 11.9 Å². The van der Waals surface area contributed by atoms with Gasteiger partial charge in [0.05, 0.1) is 22.0 Å². The highest BCUT2D eigenvalue weighted by Crippen LogP contribution is 2.35. The Morgan fingerprint density at radius 2 is 2.12 bits per heavy atom. The van der Waals surface area contributed by atoms with Gasteiger partial charge in [-0.3, -0.25) is 5.32 Å². The highest BCUT2D eigenvalue weighted by Gasteiger charge is 2.31. The van der Waals surface area contributed by atoms with Crippen molar-refractivity contribution >= 4 is 33.6 Å². The number of carbonyl (C=O) groups excluding carboxylic acids is 1. The molecule has 6 nitrogen and oxygen atoms in total. The average Bonchev–Trinajstić information content (AvgIpc) is 3.18. The molecule has 1 aromatic carbocycles. The van der Waals surface area contributed by atoms with E-state index in [1.807, 2.05) is 36.9 Å². The average molecular weight is 356 g/mol. The molecule has 0 spiro atoms. The fourth-order valence-corrected chi connectivity index (χ4v) is 4.27. The molecule has 3 aromatic rings. The molecule has 3 heterocycles. The first kappa shape index (κ1) is 16.1. The molecule has 0 radical (unpaired) electrons. The first-order valence-corrected chi connectivity index (χ1v) is 9.30. The number of hydrogen-bond donors (Lipinski definition) is 1. The lowest BCUT2D eigenvalue weighted by Crippen LogP contribution is -2.41. The van der Waals surface area contributed by atoms with Crippen molar-refractivity contribution in [1.29, 1.82) is 0 Å². The maximum atomic E-state index is 12.8. The van der Waals surface area contributed by atoms with Crippen LogP contribution in [0, 0.1) is 13.8 Å². The van der Waals surface area contributed by atoms with Crippen LogP contribution in [-0.2, 0) is 0 Å². The van der Waals surface area contributed by atoms with Gasteiger partial charge in [-0.15, -0.1) is 11.3 Å². The van der Waals surface area contributed by atoms with Crippen molar-refractivity contribution in [3.05, 3.63) is 40.7 Å². The molecule has 1 saturated heterocycles. The molecule has 4 rings (SSSR count). The molecule has 1 N–H and O–H groups in total. The number of amides is 2. The second kappa shape index (κ2) is 6.48. The topological polar surface area (TPSA) is 71.3 Å². The van der Waals surface area contributed by atoms with Crippen LogP contribution < -0.4 is 5.32 Å². The van der Waals surface area contributed by atoms with E-state index in [4.69, 9.17) is 9.40 Å². The van der Waals surface area contributed by atoms with E-state index in [0.717, 1.165) is 45.9 Å². The summed E-state index contributed by atoms with van der Waals surface area (Å²) in [6.45, 7) is 4.41. The van der Waals surface area contributed by atoms with Gasteiger partial charge in [0.15, 0.2) is 0 Å². The van der Waals surface area contributed by atoms with Crippen LogP contribution >= 0.6 is 11.3 Å².